The van der Waals surface area contributed by atoms with E-state index < -0.39 is 0 Å². The molecule has 0 radical (unpaired) electrons. The maximum Gasteiger partial charge on any atom is 0.130 e. The number of fused-ring (bicyclic) bond motifs is 1. The van der Waals surface area contributed by atoms with Crippen LogP contribution in [0.4, 0.5) is 0 Å². The zero-order valence-corrected chi connectivity index (χ0v) is 9.23. The lowest BCUT2D eigenvalue weighted by Gasteiger charge is -2.08. The van der Waals surface area contributed by atoms with Crippen LogP contribution >= 0.6 is 0 Å². The monoisotopic (exact) mass is 211 g/mol. The highest BCUT2D eigenvalue weighted by molar-refractivity contribution is 5.83. The topological polar surface area (TPSA) is 30.0 Å². The maximum atomic E-state index is 11.1. The Morgan fingerprint density at radius 1 is 1.25 bits per heavy atom. The van der Waals surface area contributed by atoms with Crippen LogP contribution in [0, 0.1) is 6.92 Å². The minimum atomic E-state index is -0.181. The number of carbonyl (C=O) groups excluding carboxylic acids is 1. The fourth-order valence-electron chi connectivity index (χ4n) is 2.15. The Bertz CT molecular complexity index is 570. The summed E-state index contributed by atoms with van der Waals surface area (Å²) in [5.41, 5.74) is 2.99. The highest BCUT2D eigenvalue weighted by Gasteiger charge is 2.44. The van der Waals surface area contributed by atoms with Crippen LogP contribution in [0.1, 0.15) is 24.1 Å². The zero-order valence-electron chi connectivity index (χ0n) is 9.23. The molecule has 1 fully saturated rings. The molecule has 2 nitrogen and oxygen atoms in total. The molecule has 0 spiro atoms. The van der Waals surface area contributed by atoms with Crippen LogP contribution in [-0.2, 0) is 10.2 Å². The smallest absolute Gasteiger partial charge is 0.130 e. The van der Waals surface area contributed by atoms with Crippen molar-refractivity contribution < 1.29 is 4.79 Å². The Labute approximate surface area is 94.3 Å². The molecule has 0 bridgehead atoms. The van der Waals surface area contributed by atoms with Crippen molar-refractivity contribution in [2.24, 2.45) is 0 Å². The van der Waals surface area contributed by atoms with E-state index in [0.717, 1.165) is 41.3 Å². The minimum absolute atomic E-state index is 0.181. The fraction of sp³-hybridized carbons (Fsp3) is 0.286. The Hall–Kier alpha value is -1.70. The van der Waals surface area contributed by atoms with Crippen molar-refractivity contribution in [3.63, 3.8) is 0 Å². The molecule has 1 saturated carbocycles. The van der Waals surface area contributed by atoms with Gasteiger partial charge in [-0.3, -0.25) is 4.98 Å². The Morgan fingerprint density at radius 2 is 2.06 bits per heavy atom. The number of aromatic nitrogens is 1. The molecule has 0 atom stereocenters. The number of hydrogen-bond acceptors (Lipinski definition) is 2. The van der Waals surface area contributed by atoms with Crippen molar-refractivity contribution in [1.29, 1.82) is 0 Å². The molecular formula is C14H13NO. The van der Waals surface area contributed by atoms with Crippen LogP contribution in [0.25, 0.3) is 10.9 Å². The second-order valence-electron chi connectivity index (χ2n) is 4.63. The molecule has 3 rings (SSSR count). The van der Waals surface area contributed by atoms with Gasteiger partial charge in [0.2, 0.25) is 0 Å². The molecule has 16 heavy (non-hydrogen) atoms. The highest BCUT2D eigenvalue weighted by Crippen LogP contribution is 2.46. The number of carbonyl (C=O) groups is 1. The number of aryl methyl sites for hydroxylation is 1. The number of aldehydes is 1. The van der Waals surface area contributed by atoms with Crippen molar-refractivity contribution in [1.82, 2.24) is 4.98 Å². The molecule has 0 unspecified atom stereocenters. The van der Waals surface area contributed by atoms with Crippen molar-refractivity contribution in [3.05, 3.63) is 41.6 Å². The van der Waals surface area contributed by atoms with Crippen molar-refractivity contribution in [3.8, 4) is 0 Å². The minimum Gasteiger partial charge on any atom is -0.302 e. The molecule has 2 heteroatoms. The molecule has 1 aliphatic carbocycles. The molecule has 1 heterocycles. The second-order valence-corrected chi connectivity index (χ2v) is 4.63. The molecule has 1 aromatic carbocycles. The largest absolute Gasteiger partial charge is 0.302 e. The molecule has 1 aromatic heterocycles. The molecule has 0 saturated heterocycles. The normalized spacial score (nSPS) is 17.3. The van der Waals surface area contributed by atoms with E-state index in [1.165, 1.54) is 0 Å². The standard InChI is InChI=1S/C14H13NO/c1-10-2-3-11-8-12(4-5-13(11)15-10)14(9-16)6-7-14/h2-5,8-9H,6-7H2,1H3. The van der Waals surface area contributed by atoms with Crippen molar-refractivity contribution in [2.45, 2.75) is 25.2 Å². The van der Waals surface area contributed by atoms with Crippen LogP contribution in [0.2, 0.25) is 0 Å². The van der Waals surface area contributed by atoms with Gasteiger partial charge >= 0.3 is 0 Å². The lowest BCUT2D eigenvalue weighted by atomic mass is 9.96. The van der Waals surface area contributed by atoms with Gasteiger partial charge in [0.15, 0.2) is 0 Å². The van der Waals surface area contributed by atoms with Gasteiger partial charge in [0.05, 0.1) is 10.9 Å². The van der Waals surface area contributed by atoms with Crippen LogP contribution in [-0.4, -0.2) is 11.3 Å². The number of hydrogen-bond donors (Lipinski definition) is 0. The molecule has 2 aromatic rings. The first-order chi connectivity index (χ1) is 7.73. The number of benzene rings is 1. The van der Waals surface area contributed by atoms with E-state index in [-0.39, 0.29) is 5.41 Å². The summed E-state index contributed by atoms with van der Waals surface area (Å²) in [6.45, 7) is 1.99. The van der Waals surface area contributed by atoms with E-state index in [1.807, 2.05) is 25.1 Å². The summed E-state index contributed by atoms with van der Waals surface area (Å²) in [5, 5.41) is 1.12. The van der Waals surface area contributed by atoms with Crippen LogP contribution in [0.15, 0.2) is 30.3 Å². The van der Waals surface area contributed by atoms with Crippen LogP contribution in [0.3, 0.4) is 0 Å². The summed E-state index contributed by atoms with van der Waals surface area (Å²) in [6.07, 6.45) is 3.07. The summed E-state index contributed by atoms with van der Waals surface area (Å²) >= 11 is 0. The third kappa shape index (κ3) is 1.33. The first-order valence-corrected chi connectivity index (χ1v) is 5.58. The van der Waals surface area contributed by atoms with Crippen LogP contribution < -0.4 is 0 Å². The van der Waals surface area contributed by atoms with Gasteiger partial charge < -0.3 is 4.79 Å². The van der Waals surface area contributed by atoms with Gasteiger partial charge in [0, 0.05) is 11.1 Å². The van der Waals surface area contributed by atoms with Gasteiger partial charge in [-0.05, 0) is 43.5 Å². The van der Waals surface area contributed by atoms with Gasteiger partial charge in [-0.2, -0.15) is 0 Å². The second kappa shape index (κ2) is 3.14. The molecule has 0 amide bonds. The Morgan fingerprint density at radius 3 is 2.75 bits per heavy atom. The van der Waals surface area contributed by atoms with E-state index in [9.17, 15) is 4.79 Å². The van der Waals surface area contributed by atoms with Gasteiger partial charge in [-0.15, -0.1) is 0 Å². The van der Waals surface area contributed by atoms with Gasteiger partial charge in [0.25, 0.3) is 0 Å². The van der Waals surface area contributed by atoms with Crippen LogP contribution in [0.5, 0.6) is 0 Å². The molecule has 0 aliphatic heterocycles. The number of rotatable bonds is 2. The van der Waals surface area contributed by atoms with E-state index in [4.69, 9.17) is 0 Å². The zero-order chi connectivity index (χ0) is 11.2. The Balaban J connectivity index is 2.16. The van der Waals surface area contributed by atoms with Gasteiger partial charge in [-0.25, -0.2) is 0 Å². The first kappa shape index (κ1) is 9.52. The summed E-state index contributed by atoms with van der Waals surface area (Å²) in [5.74, 6) is 0. The summed E-state index contributed by atoms with van der Waals surface area (Å²) < 4.78 is 0. The van der Waals surface area contributed by atoms with Gasteiger partial charge in [-0.1, -0.05) is 12.1 Å². The quantitative estimate of drug-likeness (QED) is 0.715. The third-order valence-electron chi connectivity index (χ3n) is 3.42. The Kier molecular flexibility index (Phi) is 1.87. The molecule has 0 N–H and O–H groups in total. The number of nitrogens with zero attached hydrogens (tertiary/aromatic N) is 1. The van der Waals surface area contributed by atoms with E-state index >= 15 is 0 Å². The molecular weight excluding hydrogens is 198 g/mol. The highest BCUT2D eigenvalue weighted by atomic mass is 16.1. The maximum absolute atomic E-state index is 11.1. The van der Waals surface area contributed by atoms with E-state index in [2.05, 4.69) is 17.1 Å². The fourth-order valence-corrected chi connectivity index (χ4v) is 2.15. The van der Waals surface area contributed by atoms with E-state index in [1.54, 1.807) is 0 Å². The molecule has 1 aliphatic rings. The summed E-state index contributed by atoms with van der Waals surface area (Å²) in [6, 6.07) is 10.2. The lowest BCUT2D eigenvalue weighted by Crippen LogP contribution is -2.07. The first-order valence-electron chi connectivity index (χ1n) is 5.58. The number of pyridine rings is 1. The van der Waals surface area contributed by atoms with Gasteiger partial charge in [0.1, 0.15) is 6.29 Å². The average Bonchev–Trinajstić information content (AvgIpc) is 3.09. The van der Waals surface area contributed by atoms with Crippen molar-refractivity contribution >= 4 is 17.2 Å². The van der Waals surface area contributed by atoms with Crippen molar-refractivity contribution in [2.75, 3.05) is 0 Å². The predicted molar refractivity (Wildman–Crippen MR) is 63.5 cm³/mol. The summed E-state index contributed by atoms with van der Waals surface area (Å²) in [7, 11) is 0. The lowest BCUT2D eigenvalue weighted by molar-refractivity contribution is -0.109. The summed E-state index contributed by atoms with van der Waals surface area (Å²) in [4.78, 5) is 15.5. The SMILES string of the molecule is Cc1ccc2cc(C3(C=O)CC3)ccc2n1. The predicted octanol–water partition coefficient (Wildman–Crippen LogP) is 2.77. The third-order valence-corrected chi connectivity index (χ3v) is 3.42. The average molecular weight is 211 g/mol. The molecule has 80 valence electrons. The van der Waals surface area contributed by atoms with E-state index in [0.29, 0.717) is 0 Å².